The fourth-order valence-electron chi connectivity index (χ4n) is 2.20. The first-order valence-corrected chi connectivity index (χ1v) is 6.61. The zero-order valence-corrected chi connectivity index (χ0v) is 11.2. The number of hydrogen-bond donors (Lipinski definition) is 2. The summed E-state index contributed by atoms with van der Waals surface area (Å²) in [6, 6.07) is 1.22. The molecular formula is C14H15F2NO4. The van der Waals surface area contributed by atoms with Crippen molar-refractivity contribution in [3.05, 3.63) is 29.3 Å². The number of hydrogen-bond acceptors (Lipinski definition) is 3. The van der Waals surface area contributed by atoms with Gasteiger partial charge in [0.05, 0.1) is 17.4 Å². The van der Waals surface area contributed by atoms with E-state index in [2.05, 4.69) is 5.32 Å². The van der Waals surface area contributed by atoms with Crippen molar-refractivity contribution in [2.45, 2.75) is 31.8 Å². The summed E-state index contributed by atoms with van der Waals surface area (Å²) in [4.78, 5) is 22.7. The Morgan fingerprint density at radius 3 is 2.67 bits per heavy atom. The Morgan fingerprint density at radius 1 is 1.33 bits per heavy atom. The van der Waals surface area contributed by atoms with Gasteiger partial charge in [-0.1, -0.05) is 0 Å². The van der Waals surface area contributed by atoms with Crippen molar-refractivity contribution < 1.29 is 28.2 Å². The second-order valence-corrected chi connectivity index (χ2v) is 4.84. The van der Waals surface area contributed by atoms with Crippen LogP contribution in [0.5, 0.6) is 0 Å². The molecule has 1 unspecified atom stereocenters. The molecule has 1 amide bonds. The molecule has 114 valence electrons. The molecule has 21 heavy (non-hydrogen) atoms. The van der Waals surface area contributed by atoms with Gasteiger partial charge in [-0.05, 0) is 25.3 Å². The van der Waals surface area contributed by atoms with Crippen LogP contribution in [0.15, 0.2) is 12.1 Å². The van der Waals surface area contributed by atoms with Crippen LogP contribution in [0.1, 0.15) is 36.0 Å². The molecule has 1 atom stereocenters. The van der Waals surface area contributed by atoms with Gasteiger partial charge in [0.25, 0.3) is 0 Å². The first-order valence-electron chi connectivity index (χ1n) is 6.61. The Bertz CT molecular complexity index is 556. The highest BCUT2D eigenvalue weighted by molar-refractivity contribution is 6.00. The summed E-state index contributed by atoms with van der Waals surface area (Å²) in [5.74, 6) is -4.39. The molecular weight excluding hydrogens is 284 g/mol. The van der Waals surface area contributed by atoms with E-state index >= 15 is 0 Å². The van der Waals surface area contributed by atoms with Crippen molar-refractivity contribution in [1.29, 1.82) is 0 Å². The predicted octanol–water partition coefficient (Wildman–Crippen LogP) is 2.56. The molecule has 1 aliphatic rings. The van der Waals surface area contributed by atoms with Gasteiger partial charge in [0.15, 0.2) is 11.6 Å². The van der Waals surface area contributed by atoms with E-state index in [1.165, 1.54) is 0 Å². The van der Waals surface area contributed by atoms with Crippen molar-refractivity contribution >= 4 is 17.6 Å². The lowest BCUT2D eigenvalue weighted by atomic mass is 10.1. The summed E-state index contributed by atoms with van der Waals surface area (Å²) in [6.07, 6.45) is 2.51. The summed E-state index contributed by atoms with van der Waals surface area (Å²) in [5.41, 5.74) is -0.738. The van der Waals surface area contributed by atoms with Crippen molar-refractivity contribution in [1.82, 2.24) is 0 Å². The molecule has 1 fully saturated rings. The largest absolute Gasteiger partial charge is 0.478 e. The molecule has 0 saturated carbocycles. The Kier molecular flexibility index (Phi) is 4.85. The number of aromatic carboxylic acids is 1. The number of carboxylic acid groups (broad SMARTS) is 1. The third-order valence-electron chi connectivity index (χ3n) is 3.28. The van der Waals surface area contributed by atoms with E-state index in [9.17, 15) is 18.4 Å². The quantitative estimate of drug-likeness (QED) is 0.876. The number of rotatable bonds is 5. The highest BCUT2D eigenvalue weighted by Gasteiger charge is 2.19. The fraction of sp³-hybridized carbons (Fsp3) is 0.429. The maximum absolute atomic E-state index is 13.2. The lowest BCUT2D eigenvalue weighted by molar-refractivity contribution is -0.116. The van der Waals surface area contributed by atoms with E-state index < -0.39 is 29.1 Å². The second kappa shape index (κ2) is 6.62. The topological polar surface area (TPSA) is 75.6 Å². The van der Waals surface area contributed by atoms with E-state index in [0.29, 0.717) is 25.2 Å². The van der Waals surface area contributed by atoms with Gasteiger partial charge in [0, 0.05) is 19.1 Å². The molecule has 0 aromatic heterocycles. The first kappa shape index (κ1) is 15.4. The number of ether oxygens (including phenoxy) is 1. The summed E-state index contributed by atoms with van der Waals surface area (Å²) in [6.45, 7) is 0.679. The van der Waals surface area contributed by atoms with Gasteiger partial charge >= 0.3 is 5.97 Å². The molecule has 1 saturated heterocycles. The van der Waals surface area contributed by atoms with Gasteiger partial charge < -0.3 is 15.2 Å². The molecule has 2 rings (SSSR count). The number of carboxylic acids is 1. The van der Waals surface area contributed by atoms with Crippen molar-refractivity contribution in [3.63, 3.8) is 0 Å². The lowest BCUT2D eigenvalue weighted by Gasteiger charge is -2.11. The van der Waals surface area contributed by atoms with Crippen LogP contribution in [0.2, 0.25) is 0 Å². The number of halogens is 2. The smallest absolute Gasteiger partial charge is 0.337 e. The number of anilines is 1. The predicted molar refractivity (Wildman–Crippen MR) is 70.2 cm³/mol. The standard InChI is InChI=1S/C14H15F2NO4/c15-10-6-9(14(19)20)12(7-11(10)16)17-13(18)4-3-8-2-1-5-21-8/h6-8H,1-5H2,(H,17,18)(H,19,20). The van der Waals surface area contributed by atoms with E-state index in [0.717, 1.165) is 12.8 Å². The molecule has 1 aromatic rings. The van der Waals surface area contributed by atoms with E-state index in [1.807, 2.05) is 0 Å². The van der Waals surface area contributed by atoms with Crippen molar-refractivity contribution in [2.24, 2.45) is 0 Å². The minimum absolute atomic E-state index is 0.0275. The normalized spacial score (nSPS) is 17.7. The molecule has 0 radical (unpaired) electrons. The SMILES string of the molecule is O=C(CCC1CCCO1)Nc1cc(F)c(F)cc1C(=O)O. The summed E-state index contributed by atoms with van der Waals surface area (Å²) in [5, 5.41) is 11.2. The van der Waals surface area contributed by atoms with Gasteiger partial charge in [-0.15, -0.1) is 0 Å². The number of carbonyl (C=O) groups is 2. The Hall–Kier alpha value is -2.02. The fourth-order valence-corrected chi connectivity index (χ4v) is 2.20. The molecule has 2 N–H and O–H groups in total. The van der Waals surface area contributed by atoms with Crippen molar-refractivity contribution in [3.8, 4) is 0 Å². The maximum atomic E-state index is 13.2. The third-order valence-corrected chi connectivity index (χ3v) is 3.28. The van der Waals surface area contributed by atoms with Crippen LogP contribution in [-0.2, 0) is 9.53 Å². The minimum Gasteiger partial charge on any atom is -0.478 e. The van der Waals surface area contributed by atoms with Gasteiger partial charge in [0.2, 0.25) is 5.91 Å². The van der Waals surface area contributed by atoms with E-state index in [4.69, 9.17) is 9.84 Å². The number of nitrogens with one attached hydrogen (secondary N) is 1. The lowest BCUT2D eigenvalue weighted by Crippen LogP contribution is -2.17. The van der Waals surface area contributed by atoms with E-state index in [-0.39, 0.29) is 18.2 Å². The third kappa shape index (κ3) is 3.98. The monoisotopic (exact) mass is 299 g/mol. The first-order chi connectivity index (χ1) is 9.97. The second-order valence-electron chi connectivity index (χ2n) is 4.84. The Labute approximate surface area is 119 Å². The number of amides is 1. The molecule has 1 heterocycles. The summed E-state index contributed by atoms with van der Waals surface area (Å²) < 4.78 is 31.6. The van der Waals surface area contributed by atoms with Crippen LogP contribution < -0.4 is 5.32 Å². The van der Waals surface area contributed by atoms with E-state index in [1.54, 1.807) is 0 Å². The molecule has 0 aliphatic carbocycles. The van der Waals surface area contributed by atoms with Gasteiger partial charge in [-0.2, -0.15) is 0 Å². The molecule has 1 aliphatic heterocycles. The molecule has 1 aromatic carbocycles. The van der Waals surface area contributed by atoms with Crippen LogP contribution in [0.3, 0.4) is 0 Å². The molecule has 0 spiro atoms. The average molecular weight is 299 g/mol. The Balaban J connectivity index is 2.02. The van der Waals surface area contributed by atoms with Crippen LogP contribution >= 0.6 is 0 Å². The van der Waals surface area contributed by atoms with Crippen molar-refractivity contribution in [2.75, 3.05) is 11.9 Å². The van der Waals surface area contributed by atoms with Gasteiger partial charge in [-0.3, -0.25) is 4.79 Å². The van der Waals surface area contributed by atoms with Crippen LogP contribution in [0, 0.1) is 11.6 Å². The number of carbonyl (C=O) groups excluding carboxylic acids is 1. The molecule has 7 heteroatoms. The van der Waals surface area contributed by atoms with Gasteiger partial charge in [-0.25, -0.2) is 13.6 Å². The molecule has 5 nitrogen and oxygen atoms in total. The van der Waals surface area contributed by atoms with Crippen LogP contribution in [-0.4, -0.2) is 29.7 Å². The molecule has 0 bridgehead atoms. The number of benzene rings is 1. The highest BCUT2D eigenvalue weighted by Crippen LogP contribution is 2.21. The summed E-state index contributed by atoms with van der Waals surface area (Å²) >= 11 is 0. The average Bonchev–Trinajstić information content (AvgIpc) is 2.93. The minimum atomic E-state index is -1.44. The van der Waals surface area contributed by atoms with Crippen LogP contribution in [0.25, 0.3) is 0 Å². The van der Waals surface area contributed by atoms with Crippen LogP contribution in [0.4, 0.5) is 14.5 Å². The Morgan fingerprint density at radius 2 is 2.05 bits per heavy atom. The maximum Gasteiger partial charge on any atom is 0.337 e. The zero-order chi connectivity index (χ0) is 15.4. The highest BCUT2D eigenvalue weighted by atomic mass is 19.2. The zero-order valence-electron chi connectivity index (χ0n) is 11.2. The van der Waals surface area contributed by atoms with Gasteiger partial charge in [0.1, 0.15) is 0 Å². The summed E-state index contributed by atoms with van der Waals surface area (Å²) in [7, 11) is 0.